The molecule has 2 heterocycles. The van der Waals surface area contributed by atoms with Gasteiger partial charge in [0, 0.05) is 23.0 Å². The van der Waals surface area contributed by atoms with E-state index in [0.717, 1.165) is 18.8 Å². The van der Waals surface area contributed by atoms with E-state index in [-0.39, 0.29) is 6.04 Å². The number of hydrogen-bond acceptors (Lipinski definition) is 2. The number of fused-ring (bicyclic) bond motifs is 4. The van der Waals surface area contributed by atoms with Crippen LogP contribution in [0.25, 0.3) is 10.9 Å². The van der Waals surface area contributed by atoms with Gasteiger partial charge in [-0.2, -0.15) is 0 Å². The Bertz CT molecular complexity index is 1000. The van der Waals surface area contributed by atoms with Crippen LogP contribution >= 0.6 is 0 Å². The summed E-state index contributed by atoms with van der Waals surface area (Å²) >= 11 is 0. The minimum absolute atomic E-state index is 0.275. The van der Waals surface area contributed by atoms with Crippen LogP contribution in [0, 0.1) is 11.8 Å². The van der Waals surface area contributed by atoms with Crippen molar-refractivity contribution in [1.29, 1.82) is 0 Å². The maximum atomic E-state index is 6.17. The number of aromatic amines is 1. The molecule has 138 valence electrons. The number of para-hydroxylation sites is 2. The lowest BCUT2D eigenvalue weighted by atomic mass is 9.77. The van der Waals surface area contributed by atoms with Crippen molar-refractivity contribution in [3.05, 3.63) is 71.9 Å². The highest BCUT2D eigenvalue weighted by atomic mass is 16.5. The summed E-state index contributed by atoms with van der Waals surface area (Å²) < 4.78 is 6.17. The van der Waals surface area contributed by atoms with E-state index in [9.17, 15) is 0 Å². The minimum atomic E-state index is 0.275. The van der Waals surface area contributed by atoms with Gasteiger partial charge in [0.15, 0.2) is 0 Å². The Kier molecular flexibility index (Phi) is 3.96. The van der Waals surface area contributed by atoms with Crippen molar-refractivity contribution in [3.63, 3.8) is 0 Å². The van der Waals surface area contributed by atoms with Crippen LogP contribution in [0.3, 0.4) is 0 Å². The number of aromatic nitrogens is 1. The first-order chi connectivity index (χ1) is 13.2. The summed E-state index contributed by atoms with van der Waals surface area (Å²) in [7, 11) is 0. The Morgan fingerprint density at radius 2 is 1.96 bits per heavy atom. The molecule has 3 unspecified atom stereocenters. The van der Waals surface area contributed by atoms with Gasteiger partial charge in [0.25, 0.3) is 0 Å². The van der Waals surface area contributed by atoms with Gasteiger partial charge in [-0.25, -0.2) is 0 Å². The van der Waals surface area contributed by atoms with Gasteiger partial charge in [-0.15, -0.1) is 0 Å². The second-order valence-corrected chi connectivity index (χ2v) is 8.19. The fraction of sp³-hybridized carbons (Fsp3) is 0.333. The van der Waals surface area contributed by atoms with Crippen LogP contribution in [0.4, 0.5) is 5.69 Å². The molecule has 3 atom stereocenters. The number of benzene rings is 2. The third kappa shape index (κ3) is 2.73. The van der Waals surface area contributed by atoms with Crippen LogP contribution in [0.5, 0.6) is 5.75 Å². The van der Waals surface area contributed by atoms with Crippen molar-refractivity contribution >= 4 is 16.6 Å². The number of anilines is 1. The fourth-order valence-electron chi connectivity index (χ4n) is 4.63. The summed E-state index contributed by atoms with van der Waals surface area (Å²) in [6.45, 7) is 5.11. The van der Waals surface area contributed by atoms with E-state index in [0.29, 0.717) is 17.8 Å². The van der Waals surface area contributed by atoms with Crippen molar-refractivity contribution < 1.29 is 4.74 Å². The van der Waals surface area contributed by atoms with Crippen molar-refractivity contribution in [1.82, 2.24) is 4.98 Å². The normalized spacial score (nSPS) is 23.3. The molecule has 2 aliphatic rings. The smallest absolute Gasteiger partial charge is 0.142 e. The highest BCUT2D eigenvalue weighted by molar-refractivity contribution is 5.84. The third-order valence-corrected chi connectivity index (χ3v) is 5.89. The Hall–Kier alpha value is -2.68. The number of ether oxygens (including phenoxy) is 1. The molecular formula is C24H26N2O. The number of rotatable bonds is 4. The Balaban J connectivity index is 1.59. The van der Waals surface area contributed by atoms with E-state index >= 15 is 0 Å². The molecule has 0 saturated carbocycles. The average molecular weight is 358 g/mol. The number of nitrogens with one attached hydrogen (secondary N) is 2. The van der Waals surface area contributed by atoms with Gasteiger partial charge in [-0.05, 0) is 41.5 Å². The van der Waals surface area contributed by atoms with Gasteiger partial charge in [0.2, 0.25) is 0 Å². The van der Waals surface area contributed by atoms with E-state index in [2.05, 4.69) is 85.0 Å². The van der Waals surface area contributed by atoms with Crippen molar-refractivity contribution in [2.45, 2.75) is 32.2 Å². The summed E-state index contributed by atoms with van der Waals surface area (Å²) in [4.78, 5) is 3.45. The van der Waals surface area contributed by atoms with E-state index in [1.54, 1.807) is 0 Å². The van der Waals surface area contributed by atoms with Crippen molar-refractivity contribution in [2.24, 2.45) is 11.8 Å². The van der Waals surface area contributed by atoms with Crippen molar-refractivity contribution in [3.8, 4) is 5.75 Å². The lowest BCUT2D eigenvalue weighted by molar-refractivity contribution is 0.270. The Labute approximate surface area is 160 Å². The van der Waals surface area contributed by atoms with Crippen molar-refractivity contribution in [2.75, 3.05) is 11.9 Å². The Morgan fingerprint density at radius 1 is 1.07 bits per heavy atom. The quantitative estimate of drug-likeness (QED) is 0.559. The van der Waals surface area contributed by atoms with E-state index in [4.69, 9.17) is 4.74 Å². The average Bonchev–Trinajstić information content (AvgIpc) is 3.33. The molecule has 3 aromatic rings. The second kappa shape index (κ2) is 6.49. The standard InChI is InChI=1S/C24H26N2O/c1-15(2)14-27-22-12-6-10-19-16-8-5-9-18(16)23(26-24(19)22)20-13-25-21-11-4-3-7-17(20)21/h3-8,10-13,15-16,18,23,25-26H,9,14H2,1-2H3. The van der Waals surface area contributed by atoms with Gasteiger partial charge in [-0.3, -0.25) is 0 Å². The van der Waals surface area contributed by atoms with E-state index in [1.807, 2.05) is 0 Å². The molecule has 1 aliphatic heterocycles. The molecule has 27 heavy (non-hydrogen) atoms. The largest absolute Gasteiger partial charge is 0.491 e. The SMILES string of the molecule is CC(C)COc1cccc2c1NC(c1c[nH]c3ccccc13)C1CC=CC21. The maximum Gasteiger partial charge on any atom is 0.142 e. The Morgan fingerprint density at radius 3 is 2.85 bits per heavy atom. The molecule has 0 fully saturated rings. The summed E-state index contributed by atoms with van der Waals surface area (Å²) in [5, 5.41) is 5.18. The zero-order valence-electron chi connectivity index (χ0n) is 15.9. The molecule has 1 aromatic heterocycles. The molecule has 0 spiro atoms. The summed E-state index contributed by atoms with van der Waals surface area (Å²) in [6, 6.07) is 15.3. The highest BCUT2D eigenvalue weighted by Crippen LogP contribution is 2.52. The molecule has 3 heteroatoms. The number of hydrogen-bond donors (Lipinski definition) is 2. The first kappa shape index (κ1) is 16.5. The summed E-state index contributed by atoms with van der Waals surface area (Å²) in [5.74, 6) is 2.47. The predicted octanol–water partition coefficient (Wildman–Crippen LogP) is 6.03. The second-order valence-electron chi connectivity index (χ2n) is 8.19. The summed E-state index contributed by atoms with van der Waals surface area (Å²) in [5.41, 5.74) is 5.09. The van der Waals surface area contributed by atoms with Gasteiger partial charge in [0.1, 0.15) is 5.75 Å². The summed E-state index contributed by atoms with van der Waals surface area (Å²) in [6.07, 6.45) is 8.02. The van der Waals surface area contributed by atoms with Crippen LogP contribution in [-0.2, 0) is 0 Å². The van der Waals surface area contributed by atoms with Gasteiger partial charge in [-0.1, -0.05) is 56.3 Å². The minimum Gasteiger partial charge on any atom is -0.491 e. The third-order valence-electron chi connectivity index (χ3n) is 5.89. The maximum absolute atomic E-state index is 6.17. The molecule has 5 rings (SSSR count). The first-order valence-corrected chi connectivity index (χ1v) is 9.97. The fourth-order valence-corrected chi connectivity index (χ4v) is 4.63. The molecule has 0 bridgehead atoms. The molecular weight excluding hydrogens is 332 g/mol. The zero-order valence-corrected chi connectivity index (χ0v) is 15.9. The number of H-pyrrole nitrogens is 1. The topological polar surface area (TPSA) is 37.0 Å². The highest BCUT2D eigenvalue weighted by Gasteiger charge is 2.39. The number of allylic oxidation sites excluding steroid dienone is 2. The van der Waals surface area contributed by atoms with Crippen LogP contribution < -0.4 is 10.1 Å². The molecule has 2 aromatic carbocycles. The van der Waals surface area contributed by atoms with Gasteiger partial charge >= 0.3 is 0 Å². The first-order valence-electron chi connectivity index (χ1n) is 9.97. The molecule has 3 nitrogen and oxygen atoms in total. The molecule has 1 aliphatic carbocycles. The van der Waals surface area contributed by atoms with Crippen LogP contribution in [0.1, 0.15) is 43.4 Å². The molecule has 2 N–H and O–H groups in total. The monoisotopic (exact) mass is 358 g/mol. The van der Waals surface area contributed by atoms with Crippen LogP contribution in [0.2, 0.25) is 0 Å². The molecule has 0 saturated heterocycles. The van der Waals surface area contributed by atoms with Crippen LogP contribution in [0.15, 0.2) is 60.8 Å². The zero-order chi connectivity index (χ0) is 18.4. The van der Waals surface area contributed by atoms with Gasteiger partial charge < -0.3 is 15.0 Å². The molecule has 0 amide bonds. The van der Waals surface area contributed by atoms with Gasteiger partial charge in [0.05, 0.1) is 18.3 Å². The lowest BCUT2D eigenvalue weighted by Gasteiger charge is -2.38. The predicted molar refractivity (Wildman–Crippen MR) is 111 cm³/mol. The van der Waals surface area contributed by atoms with E-state index in [1.165, 1.54) is 27.7 Å². The van der Waals surface area contributed by atoms with Crippen LogP contribution in [-0.4, -0.2) is 11.6 Å². The van der Waals surface area contributed by atoms with E-state index < -0.39 is 0 Å². The lowest BCUT2D eigenvalue weighted by Crippen LogP contribution is -2.29. The molecule has 0 radical (unpaired) electrons.